The molecule has 3 atom stereocenters. The van der Waals surface area contributed by atoms with E-state index in [1.807, 2.05) is 11.8 Å². The lowest BCUT2D eigenvalue weighted by molar-refractivity contribution is -0.0620. The van der Waals surface area contributed by atoms with Crippen LogP contribution in [0.1, 0.15) is 38.4 Å². The van der Waals surface area contributed by atoms with E-state index in [1.54, 1.807) is 6.33 Å². The maximum Gasteiger partial charge on any atom is 0.141 e. The lowest BCUT2D eigenvalue weighted by Gasteiger charge is -2.40. The van der Waals surface area contributed by atoms with E-state index in [9.17, 15) is 0 Å². The minimum absolute atomic E-state index is 0.378. The highest BCUT2D eigenvalue weighted by atomic mass is 16.5. The van der Waals surface area contributed by atoms with Gasteiger partial charge in [0.1, 0.15) is 12.2 Å². The summed E-state index contributed by atoms with van der Waals surface area (Å²) in [5.74, 6) is 1.65. The quantitative estimate of drug-likeness (QED) is 0.801. The van der Waals surface area contributed by atoms with Gasteiger partial charge in [-0.3, -0.25) is 4.90 Å². The molecule has 2 heterocycles. The Morgan fingerprint density at radius 2 is 2.32 bits per heavy atom. The molecule has 2 aliphatic rings. The number of aryl methyl sites for hydroxylation is 1. The van der Waals surface area contributed by atoms with Crippen LogP contribution in [0.2, 0.25) is 0 Å². The zero-order valence-electron chi connectivity index (χ0n) is 13.8. The first-order valence-electron chi connectivity index (χ1n) is 8.54. The van der Waals surface area contributed by atoms with Gasteiger partial charge in [-0.1, -0.05) is 13.3 Å². The van der Waals surface area contributed by atoms with Crippen molar-refractivity contribution in [2.24, 2.45) is 5.92 Å². The molecule has 0 amide bonds. The lowest BCUT2D eigenvalue weighted by atomic mass is 9.94. The molecule has 0 aromatic carbocycles. The third-order valence-electron chi connectivity index (χ3n) is 5.06. The molecule has 1 saturated carbocycles. The Kier molecular flexibility index (Phi) is 5.44. The highest BCUT2D eigenvalue weighted by Gasteiger charge is 2.38. The third-order valence-corrected chi connectivity index (χ3v) is 5.06. The van der Waals surface area contributed by atoms with Gasteiger partial charge in [0.15, 0.2) is 0 Å². The lowest BCUT2D eigenvalue weighted by Crippen LogP contribution is -2.51. The molecule has 1 aliphatic heterocycles. The Bertz CT molecular complexity index is 465. The Morgan fingerprint density at radius 3 is 3.14 bits per heavy atom. The molecular formula is C16H28N4O2. The summed E-state index contributed by atoms with van der Waals surface area (Å²) in [5, 5.41) is 4.35. The van der Waals surface area contributed by atoms with Gasteiger partial charge in [0.2, 0.25) is 0 Å². The van der Waals surface area contributed by atoms with Crippen LogP contribution in [0.25, 0.3) is 0 Å². The van der Waals surface area contributed by atoms with Gasteiger partial charge in [-0.2, -0.15) is 5.10 Å². The normalized spacial score (nSPS) is 30.0. The van der Waals surface area contributed by atoms with Crippen molar-refractivity contribution < 1.29 is 9.47 Å². The summed E-state index contributed by atoms with van der Waals surface area (Å²) in [5.41, 5.74) is 0. The predicted octanol–water partition coefficient (Wildman–Crippen LogP) is 1.70. The molecular weight excluding hydrogens is 280 g/mol. The molecule has 124 valence electrons. The van der Waals surface area contributed by atoms with Crippen molar-refractivity contribution in [2.45, 2.75) is 57.8 Å². The van der Waals surface area contributed by atoms with E-state index < -0.39 is 0 Å². The molecule has 1 aromatic rings. The largest absolute Gasteiger partial charge is 0.381 e. The maximum absolute atomic E-state index is 5.77. The Balaban J connectivity index is 1.71. The van der Waals surface area contributed by atoms with Crippen molar-refractivity contribution in [2.75, 3.05) is 26.9 Å². The van der Waals surface area contributed by atoms with Crippen LogP contribution in [-0.4, -0.2) is 58.7 Å². The fourth-order valence-corrected chi connectivity index (χ4v) is 3.93. The van der Waals surface area contributed by atoms with E-state index in [2.05, 4.69) is 21.9 Å². The molecule has 6 heteroatoms. The van der Waals surface area contributed by atoms with Gasteiger partial charge < -0.3 is 9.47 Å². The second-order valence-electron chi connectivity index (χ2n) is 6.38. The molecule has 0 radical (unpaired) electrons. The predicted molar refractivity (Wildman–Crippen MR) is 83.5 cm³/mol. The summed E-state index contributed by atoms with van der Waals surface area (Å²) in [6, 6.07) is 0.438. The summed E-state index contributed by atoms with van der Waals surface area (Å²) in [4.78, 5) is 7.00. The zero-order valence-corrected chi connectivity index (χ0v) is 13.8. The second-order valence-corrected chi connectivity index (χ2v) is 6.38. The fourth-order valence-electron chi connectivity index (χ4n) is 3.93. The molecule has 1 saturated heterocycles. The van der Waals surface area contributed by atoms with Gasteiger partial charge in [-0.15, -0.1) is 0 Å². The van der Waals surface area contributed by atoms with E-state index in [0.717, 1.165) is 45.1 Å². The van der Waals surface area contributed by atoms with Crippen LogP contribution >= 0.6 is 0 Å². The minimum Gasteiger partial charge on any atom is -0.381 e. The van der Waals surface area contributed by atoms with E-state index >= 15 is 0 Å². The van der Waals surface area contributed by atoms with E-state index in [4.69, 9.17) is 9.47 Å². The highest BCUT2D eigenvalue weighted by Crippen LogP contribution is 2.34. The topological polar surface area (TPSA) is 52.4 Å². The van der Waals surface area contributed by atoms with Crippen LogP contribution in [-0.2, 0) is 22.6 Å². The molecule has 0 unspecified atom stereocenters. The maximum atomic E-state index is 5.77. The standard InChI is InChI=1S/C16H28N4O2/c1-3-7-20-16(17-12-18-20)10-19-8-9-22-11-14(19)13-5-4-6-15(13)21-2/h12-15H,3-11H2,1-2H3/t13-,14+,15+/m0/s1. The fraction of sp³-hybridized carbons (Fsp3) is 0.875. The minimum atomic E-state index is 0.378. The first kappa shape index (κ1) is 15.9. The first-order valence-corrected chi connectivity index (χ1v) is 8.54. The molecule has 6 nitrogen and oxygen atoms in total. The number of hydrogen-bond acceptors (Lipinski definition) is 5. The number of aromatic nitrogens is 3. The number of ether oxygens (including phenoxy) is 2. The van der Waals surface area contributed by atoms with Crippen molar-refractivity contribution in [3.8, 4) is 0 Å². The highest BCUT2D eigenvalue weighted by molar-refractivity contribution is 4.94. The Morgan fingerprint density at radius 1 is 1.41 bits per heavy atom. The molecule has 0 N–H and O–H groups in total. The van der Waals surface area contributed by atoms with Gasteiger partial charge in [-0.05, 0) is 19.3 Å². The van der Waals surface area contributed by atoms with E-state index in [-0.39, 0.29) is 0 Å². The van der Waals surface area contributed by atoms with Crippen LogP contribution in [0.4, 0.5) is 0 Å². The number of methoxy groups -OCH3 is 1. The van der Waals surface area contributed by atoms with Crippen LogP contribution < -0.4 is 0 Å². The number of rotatable bonds is 6. The monoisotopic (exact) mass is 308 g/mol. The van der Waals surface area contributed by atoms with Crippen molar-refractivity contribution in [3.63, 3.8) is 0 Å². The molecule has 3 rings (SSSR count). The number of morpholine rings is 1. The average molecular weight is 308 g/mol. The second kappa shape index (κ2) is 7.53. The van der Waals surface area contributed by atoms with E-state index in [0.29, 0.717) is 18.1 Å². The molecule has 0 bridgehead atoms. The van der Waals surface area contributed by atoms with Crippen LogP contribution in [0.5, 0.6) is 0 Å². The average Bonchev–Trinajstić information content (AvgIpc) is 3.18. The zero-order chi connectivity index (χ0) is 15.4. The van der Waals surface area contributed by atoms with E-state index in [1.165, 1.54) is 19.3 Å². The van der Waals surface area contributed by atoms with Gasteiger partial charge in [0.25, 0.3) is 0 Å². The number of hydrogen-bond donors (Lipinski definition) is 0. The molecule has 1 aromatic heterocycles. The summed E-state index contributed by atoms with van der Waals surface area (Å²) in [7, 11) is 1.84. The van der Waals surface area contributed by atoms with Crippen LogP contribution in [0.15, 0.2) is 6.33 Å². The van der Waals surface area contributed by atoms with Crippen LogP contribution in [0.3, 0.4) is 0 Å². The first-order chi connectivity index (χ1) is 10.8. The van der Waals surface area contributed by atoms with Gasteiger partial charge in [0.05, 0.1) is 25.9 Å². The van der Waals surface area contributed by atoms with Gasteiger partial charge in [0, 0.05) is 32.2 Å². The summed E-state index contributed by atoms with van der Waals surface area (Å²) in [6.45, 7) is 6.56. The summed E-state index contributed by atoms with van der Waals surface area (Å²) >= 11 is 0. The van der Waals surface area contributed by atoms with Crippen molar-refractivity contribution >= 4 is 0 Å². The molecule has 2 fully saturated rings. The van der Waals surface area contributed by atoms with Crippen molar-refractivity contribution in [3.05, 3.63) is 12.2 Å². The Hall–Kier alpha value is -0.980. The Labute approximate surface area is 132 Å². The SMILES string of the molecule is CCCn1ncnc1CN1CCOC[C@@H]1[C@@H]1CCC[C@H]1OC. The van der Waals surface area contributed by atoms with Crippen LogP contribution in [0, 0.1) is 5.92 Å². The van der Waals surface area contributed by atoms with Gasteiger partial charge in [-0.25, -0.2) is 9.67 Å². The summed E-state index contributed by atoms with van der Waals surface area (Å²) < 4.78 is 13.5. The van der Waals surface area contributed by atoms with Crippen molar-refractivity contribution in [1.29, 1.82) is 0 Å². The third kappa shape index (κ3) is 3.34. The van der Waals surface area contributed by atoms with Crippen molar-refractivity contribution in [1.82, 2.24) is 19.7 Å². The summed E-state index contributed by atoms with van der Waals surface area (Å²) in [6.07, 6.45) is 6.81. The smallest absolute Gasteiger partial charge is 0.141 e. The molecule has 22 heavy (non-hydrogen) atoms. The van der Waals surface area contributed by atoms with Gasteiger partial charge >= 0.3 is 0 Å². The number of nitrogens with zero attached hydrogens (tertiary/aromatic N) is 4. The molecule has 1 aliphatic carbocycles. The molecule has 0 spiro atoms.